The summed E-state index contributed by atoms with van der Waals surface area (Å²) < 4.78 is 44.8. The van der Waals surface area contributed by atoms with E-state index < -0.39 is 10.0 Å². The molecule has 1 aliphatic carbocycles. The Kier molecular flexibility index (Phi) is 7.66. The molecule has 0 radical (unpaired) electrons. The van der Waals surface area contributed by atoms with E-state index in [0.717, 1.165) is 54.4 Å². The molecule has 0 aliphatic heterocycles. The van der Waals surface area contributed by atoms with Gasteiger partial charge in [0.15, 0.2) is 6.29 Å². The summed E-state index contributed by atoms with van der Waals surface area (Å²) in [6.45, 7) is 2.94. The highest BCUT2D eigenvalue weighted by atomic mass is 32.2. The van der Waals surface area contributed by atoms with Gasteiger partial charge in [0, 0.05) is 17.0 Å². The van der Waals surface area contributed by atoms with E-state index in [1.54, 1.807) is 13.2 Å². The molecule has 1 heterocycles. The summed E-state index contributed by atoms with van der Waals surface area (Å²) in [7, 11) is -2.03. The Morgan fingerprint density at radius 3 is 2.31 bits per heavy atom. The SMILES string of the molecule is CCCCOc1ccc(-c2oc3cc(N(Cc4ccc(OC)cc4)S(C)(=O)=O)c(C4CC4)cc3c2C=O)cc1. The van der Waals surface area contributed by atoms with Crippen molar-refractivity contribution < 1.29 is 27.1 Å². The lowest BCUT2D eigenvalue weighted by atomic mass is 10.0. The highest BCUT2D eigenvalue weighted by Gasteiger charge is 2.32. The van der Waals surface area contributed by atoms with Crippen molar-refractivity contribution in [3.63, 3.8) is 0 Å². The van der Waals surface area contributed by atoms with E-state index in [1.165, 1.54) is 10.6 Å². The zero-order chi connectivity index (χ0) is 27.6. The molecule has 0 unspecified atom stereocenters. The van der Waals surface area contributed by atoms with E-state index in [2.05, 4.69) is 6.92 Å². The van der Waals surface area contributed by atoms with Crippen molar-refractivity contribution in [1.29, 1.82) is 0 Å². The Labute approximate surface area is 229 Å². The topological polar surface area (TPSA) is 86.1 Å². The molecule has 0 atom stereocenters. The summed E-state index contributed by atoms with van der Waals surface area (Å²) in [6.07, 6.45) is 6.01. The second kappa shape index (κ2) is 11.1. The van der Waals surface area contributed by atoms with Crippen LogP contribution in [-0.2, 0) is 16.6 Å². The van der Waals surface area contributed by atoms with Gasteiger partial charge in [-0.3, -0.25) is 9.10 Å². The average Bonchev–Trinajstić information content (AvgIpc) is 3.72. The number of aldehydes is 1. The van der Waals surface area contributed by atoms with Crippen molar-refractivity contribution >= 4 is 33.0 Å². The summed E-state index contributed by atoms with van der Waals surface area (Å²) in [5.41, 5.74) is 4.01. The molecular formula is C31H33NO6S. The summed E-state index contributed by atoms with van der Waals surface area (Å²) in [6, 6.07) is 18.5. The Hall–Kier alpha value is -3.78. The van der Waals surface area contributed by atoms with Crippen LogP contribution < -0.4 is 13.8 Å². The minimum atomic E-state index is -3.63. The smallest absolute Gasteiger partial charge is 0.232 e. The lowest BCUT2D eigenvalue weighted by Gasteiger charge is -2.25. The molecule has 1 aromatic heterocycles. The van der Waals surface area contributed by atoms with Gasteiger partial charge in [-0.05, 0) is 78.8 Å². The number of unbranched alkanes of at least 4 members (excludes halogenated alkanes) is 1. The Morgan fingerprint density at radius 1 is 1.03 bits per heavy atom. The molecular weight excluding hydrogens is 514 g/mol. The Balaban J connectivity index is 1.57. The number of methoxy groups -OCH3 is 1. The van der Waals surface area contributed by atoms with Gasteiger partial charge in [-0.1, -0.05) is 25.5 Å². The molecule has 8 heteroatoms. The number of nitrogens with zero attached hydrogens (tertiary/aromatic N) is 1. The van der Waals surface area contributed by atoms with Crippen molar-refractivity contribution in [3.8, 4) is 22.8 Å². The normalized spacial score (nSPS) is 13.4. The monoisotopic (exact) mass is 547 g/mol. The fraction of sp³-hybridized carbons (Fsp3) is 0.323. The first kappa shape index (κ1) is 26.8. The van der Waals surface area contributed by atoms with Gasteiger partial charge in [-0.25, -0.2) is 8.42 Å². The van der Waals surface area contributed by atoms with Crippen molar-refractivity contribution in [1.82, 2.24) is 0 Å². The number of rotatable bonds is 12. The van der Waals surface area contributed by atoms with Crippen LogP contribution in [-0.4, -0.2) is 34.7 Å². The van der Waals surface area contributed by atoms with Crippen LogP contribution in [0.3, 0.4) is 0 Å². The number of fused-ring (bicyclic) bond motifs is 1. The largest absolute Gasteiger partial charge is 0.497 e. The van der Waals surface area contributed by atoms with E-state index in [9.17, 15) is 13.2 Å². The molecule has 7 nitrogen and oxygen atoms in total. The zero-order valence-corrected chi connectivity index (χ0v) is 23.3. The number of furan rings is 1. The molecule has 0 spiro atoms. The third-order valence-electron chi connectivity index (χ3n) is 7.05. The van der Waals surface area contributed by atoms with E-state index in [0.29, 0.717) is 40.3 Å². The summed E-state index contributed by atoms with van der Waals surface area (Å²) >= 11 is 0. The fourth-order valence-corrected chi connectivity index (χ4v) is 5.65. The maximum atomic E-state index is 13.1. The number of ether oxygens (including phenoxy) is 2. The molecule has 1 aliphatic rings. The first-order valence-corrected chi connectivity index (χ1v) is 15.1. The lowest BCUT2D eigenvalue weighted by Crippen LogP contribution is -2.30. The molecule has 0 saturated heterocycles. The van der Waals surface area contributed by atoms with Gasteiger partial charge in [0.2, 0.25) is 10.0 Å². The molecule has 0 N–H and O–H groups in total. The summed E-state index contributed by atoms with van der Waals surface area (Å²) in [4.78, 5) is 12.3. The van der Waals surface area contributed by atoms with Crippen LogP contribution in [0.4, 0.5) is 5.69 Å². The van der Waals surface area contributed by atoms with Crippen molar-refractivity contribution in [3.05, 3.63) is 77.4 Å². The fourth-order valence-electron chi connectivity index (χ4n) is 4.75. The van der Waals surface area contributed by atoms with Crippen molar-refractivity contribution in [2.45, 2.75) is 45.1 Å². The highest BCUT2D eigenvalue weighted by Crippen LogP contribution is 2.48. The second-order valence-corrected chi connectivity index (χ2v) is 11.9. The van der Waals surface area contributed by atoms with E-state index in [4.69, 9.17) is 13.9 Å². The molecule has 39 heavy (non-hydrogen) atoms. The lowest BCUT2D eigenvalue weighted by molar-refractivity contribution is 0.112. The number of hydrogen-bond acceptors (Lipinski definition) is 6. The van der Waals surface area contributed by atoms with Gasteiger partial charge >= 0.3 is 0 Å². The molecule has 1 fully saturated rings. The highest BCUT2D eigenvalue weighted by molar-refractivity contribution is 7.92. The predicted octanol–water partition coefficient (Wildman–Crippen LogP) is 6.94. The van der Waals surface area contributed by atoms with Gasteiger partial charge in [-0.2, -0.15) is 0 Å². The number of sulfonamides is 1. The Bertz CT molecular complexity index is 1570. The van der Waals surface area contributed by atoms with Crippen LogP contribution >= 0.6 is 0 Å². The van der Waals surface area contributed by atoms with E-state index >= 15 is 0 Å². The Morgan fingerprint density at radius 2 is 1.72 bits per heavy atom. The quantitative estimate of drug-likeness (QED) is 0.141. The first-order valence-electron chi connectivity index (χ1n) is 13.2. The zero-order valence-electron chi connectivity index (χ0n) is 22.5. The molecule has 4 aromatic rings. The summed E-state index contributed by atoms with van der Waals surface area (Å²) in [5.74, 6) is 2.16. The standard InChI is InChI=1S/C31H33NO6S/c1-4-5-16-37-25-14-10-23(11-15-25)31-28(20-33)27-17-26(22-8-9-22)29(18-30(27)38-31)32(39(3,34)35)19-21-6-12-24(36-2)13-7-21/h6-7,10-15,17-18,20,22H,4-5,8-9,16,19H2,1-3H3. The predicted molar refractivity (Wildman–Crippen MR) is 153 cm³/mol. The second-order valence-electron chi connectivity index (χ2n) is 9.99. The van der Waals surface area contributed by atoms with Crippen LogP contribution in [0, 0.1) is 0 Å². The first-order chi connectivity index (χ1) is 18.8. The third kappa shape index (κ3) is 5.81. The molecule has 3 aromatic carbocycles. The maximum absolute atomic E-state index is 13.1. The third-order valence-corrected chi connectivity index (χ3v) is 8.17. The number of carbonyl (C=O) groups is 1. The number of benzene rings is 3. The van der Waals surface area contributed by atoms with Crippen molar-refractivity contribution in [2.75, 3.05) is 24.3 Å². The van der Waals surface area contributed by atoms with Crippen LogP contribution in [0.25, 0.3) is 22.3 Å². The van der Waals surface area contributed by atoms with E-state index in [1.807, 2.05) is 54.6 Å². The number of anilines is 1. The molecule has 204 valence electrons. The van der Waals surface area contributed by atoms with Gasteiger partial charge in [0.25, 0.3) is 0 Å². The minimum Gasteiger partial charge on any atom is -0.497 e. The van der Waals surface area contributed by atoms with E-state index in [-0.39, 0.29) is 12.5 Å². The molecule has 5 rings (SSSR count). The molecule has 0 bridgehead atoms. The van der Waals surface area contributed by atoms with Gasteiger partial charge < -0.3 is 13.9 Å². The molecule has 1 saturated carbocycles. The minimum absolute atomic E-state index is 0.168. The van der Waals surface area contributed by atoms with Crippen molar-refractivity contribution in [2.24, 2.45) is 0 Å². The molecule has 0 amide bonds. The van der Waals surface area contributed by atoms with Gasteiger partial charge in [0.1, 0.15) is 22.8 Å². The average molecular weight is 548 g/mol. The van der Waals surface area contributed by atoms with Gasteiger partial charge in [0.05, 0.1) is 37.8 Å². The van der Waals surface area contributed by atoms with Crippen LogP contribution in [0.2, 0.25) is 0 Å². The summed E-state index contributed by atoms with van der Waals surface area (Å²) in [5, 5.41) is 0.687. The van der Waals surface area contributed by atoms with Crippen LogP contribution in [0.5, 0.6) is 11.5 Å². The van der Waals surface area contributed by atoms with Crippen LogP contribution in [0.15, 0.2) is 65.1 Å². The van der Waals surface area contributed by atoms with Crippen LogP contribution in [0.1, 0.15) is 60.0 Å². The number of carbonyl (C=O) groups excluding carboxylic acids is 1. The van der Waals surface area contributed by atoms with Gasteiger partial charge in [-0.15, -0.1) is 0 Å². The maximum Gasteiger partial charge on any atom is 0.232 e. The number of hydrogen-bond donors (Lipinski definition) is 0.